The summed E-state index contributed by atoms with van der Waals surface area (Å²) in [4.78, 5) is 5.50. The summed E-state index contributed by atoms with van der Waals surface area (Å²) < 4.78 is 5.61. The van der Waals surface area contributed by atoms with E-state index in [9.17, 15) is 0 Å². The van der Waals surface area contributed by atoms with Gasteiger partial charge < -0.3 is 4.42 Å². The number of rotatable bonds is 3. The molecule has 3 heterocycles. The second-order valence-corrected chi connectivity index (χ2v) is 4.55. The van der Waals surface area contributed by atoms with Gasteiger partial charge in [0.25, 0.3) is 0 Å². The van der Waals surface area contributed by atoms with Gasteiger partial charge in [0.15, 0.2) is 11.6 Å². The number of hydrogen-bond acceptors (Lipinski definition) is 4. The summed E-state index contributed by atoms with van der Waals surface area (Å²) in [6.07, 6.45) is 0.877. The third kappa shape index (κ3) is 1.89. The van der Waals surface area contributed by atoms with Gasteiger partial charge in [0.05, 0.1) is 4.88 Å². The lowest BCUT2D eigenvalue weighted by Crippen LogP contribution is -1.77. The fourth-order valence-corrected chi connectivity index (χ4v) is 2.25. The molecule has 0 spiro atoms. The summed E-state index contributed by atoms with van der Waals surface area (Å²) in [6, 6.07) is 7.86. The first kappa shape index (κ1) is 10.3. The number of H-pyrrole nitrogens is 1. The van der Waals surface area contributed by atoms with Gasteiger partial charge in [0, 0.05) is 6.42 Å². The average molecular weight is 245 g/mol. The van der Waals surface area contributed by atoms with E-state index in [2.05, 4.69) is 22.1 Å². The third-order valence-electron chi connectivity index (χ3n) is 2.47. The molecule has 1 N–H and O–H groups in total. The van der Waals surface area contributed by atoms with Gasteiger partial charge in [-0.2, -0.15) is 0 Å². The Bertz CT molecular complexity index is 609. The molecule has 4 nitrogen and oxygen atoms in total. The molecule has 0 fully saturated rings. The van der Waals surface area contributed by atoms with Crippen molar-refractivity contribution in [1.29, 1.82) is 0 Å². The van der Waals surface area contributed by atoms with Gasteiger partial charge in [-0.25, -0.2) is 4.98 Å². The zero-order valence-corrected chi connectivity index (χ0v) is 10.1. The van der Waals surface area contributed by atoms with Crippen LogP contribution in [-0.2, 0) is 6.42 Å². The molecule has 3 aromatic rings. The number of aromatic amines is 1. The Kier molecular flexibility index (Phi) is 2.53. The van der Waals surface area contributed by atoms with Gasteiger partial charge in [-0.15, -0.1) is 16.4 Å². The molecule has 3 aromatic heterocycles. The minimum absolute atomic E-state index is 0.605. The molecular formula is C12H11N3OS. The number of nitrogens with zero attached hydrogens (tertiary/aromatic N) is 2. The van der Waals surface area contributed by atoms with Gasteiger partial charge >= 0.3 is 0 Å². The van der Waals surface area contributed by atoms with E-state index < -0.39 is 0 Å². The molecule has 0 aliphatic carbocycles. The predicted octanol–water partition coefficient (Wildman–Crippen LogP) is 3.36. The molecule has 0 amide bonds. The standard InChI is InChI=1S/C12H11N3OS/c1-2-8-5-6-9(16-8)11-13-12(15-14-11)10-4-3-7-17-10/h3-7H,2H2,1H3,(H,13,14,15). The lowest BCUT2D eigenvalue weighted by molar-refractivity contribution is 0.526. The van der Waals surface area contributed by atoms with Crippen LogP contribution in [0.15, 0.2) is 34.1 Å². The summed E-state index contributed by atoms with van der Waals surface area (Å²) in [6.45, 7) is 2.05. The Morgan fingerprint density at radius 2 is 2.29 bits per heavy atom. The van der Waals surface area contributed by atoms with E-state index >= 15 is 0 Å². The number of hydrogen-bond donors (Lipinski definition) is 1. The van der Waals surface area contributed by atoms with E-state index in [0.717, 1.165) is 22.9 Å². The van der Waals surface area contributed by atoms with E-state index in [4.69, 9.17) is 4.42 Å². The largest absolute Gasteiger partial charge is 0.458 e. The normalized spacial score (nSPS) is 10.9. The van der Waals surface area contributed by atoms with Crippen molar-refractivity contribution >= 4 is 11.3 Å². The summed E-state index contributed by atoms with van der Waals surface area (Å²) in [5.74, 6) is 3.04. The molecule has 3 rings (SSSR count). The second-order valence-electron chi connectivity index (χ2n) is 3.60. The second kappa shape index (κ2) is 4.18. The molecule has 0 atom stereocenters. The summed E-state index contributed by atoms with van der Waals surface area (Å²) >= 11 is 1.63. The lowest BCUT2D eigenvalue weighted by atomic mass is 10.3. The highest BCUT2D eigenvalue weighted by atomic mass is 32.1. The quantitative estimate of drug-likeness (QED) is 0.769. The molecule has 17 heavy (non-hydrogen) atoms. The highest BCUT2D eigenvalue weighted by Gasteiger charge is 2.11. The third-order valence-corrected chi connectivity index (χ3v) is 3.35. The van der Waals surface area contributed by atoms with Crippen LogP contribution in [0.3, 0.4) is 0 Å². The molecular weight excluding hydrogens is 234 g/mol. The monoisotopic (exact) mass is 245 g/mol. The van der Waals surface area contributed by atoms with Crippen molar-refractivity contribution in [3.63, 3.8) is 0 Å². The van der Waals surface area contributed by atoms with E-state index in [-0.39, 0.29) is 0 Å². The highest BCUT2D eigenvalue weighted by Crippen LogP contribution is 2.24. The first-order chi connectivity index (χ1) is 8.36. The van der Waals surface area contributed by atoms with Crippen molar-refractivity contribution in [3.05, 3.63) is 35.4 Å². The molecule has 0 aliphatic heterocycles. The smallest absolute Gasteiger partial charge is 0.217 e. The van der Waals surface area contributed by atoms with Crippen molar-refractivity contribution in [2.24, 2.45) is 0 Å². The molecule has 0 unspecified atom stereocenters. The average Bonchev–Trinajstić information content (AvgIpc) is 3.09. The Balaban J connectivity index is 1.94. The SMILES string of the molecule is CCc1ccc(-c2n[nH]c(-c3cccs3)n2)o1. The Morgan fingerprint density at radius 3 is 3.00 bits per heavy atom. The maximum Gasteiger partial charge on any atom is 0.217 e. The van der Waals surface area contributed by atoms with E-state index in [1.165, 1.54) is 0 Å². The fourth-order valence-electron chi connectivity index (χ4n) is 1.58. The minimum atomic E-state index is 0.605. The zero-order valence-electron chi connectivity index (χ0n) is 9.30. The summed E-state index contributed by atoms with van der Waals surface area (Å²) in [5.41, 5.74) is 0. The number of furan rings is 1. The maximum atomic E-state index is 5.61. The topological polar surface area (TPSA) is 54.7 Å². The number of thiophene rings is 1. The van der Waals surface area contributed by atoms with Gasteiger partial charge in [-0.05, 0) is 23.6 Å². The first-order valence-corrected chi connectivity index (χ1v) is 6.30. The molecule has 0 radical (unpaired) electrons. The van der Waals surface area contributed by atoms with Crippen LogP contribution in [0.5, 0.6) is 0 Å². The predicted molar refractivity (Wildman–Crippen MR) is 66.8 cm³/mol. The van der Waals surface area contributed by atoms with Crippen LogP contribution in [0.25, 0.3) is 22.3 Å². The van der Waals surface area contributed by atoms with Gasteiger partial charge in [0.2, 0.25) is 5.82 Å². The van der Waals surface area contributed by atoms with Crippen LogP contribution in [0, 0.1) is 0 Å². The van der Waals surface area contributed by atoms with Crippen LogP contribution in [-0.4, -0.2) is 15.2 Å². The molecule has 0 aliphatic rings. The van der Waals surface area contributed by atoms with E-state index in [1.54, 1.807) is 11.3 Å². The number of aryl methyl sites for hydroxylation is 1. The number of aromatic nitrogens is 3. The Labute approximate surface area is 102 Å². The van der Waals surface area contributed by atoms with Gasteiger partial charge in [-0.1, -0.05) is 13.0 Å². The number of nitrogens with one attached hydrogen (secondary N) is 1. The molecule has 5 heteroatoms. The summed E-state index contributed by atoms with van der Waals surface area (Å²) in [7, 11) is 0. The van der Waals surface area contributed by atoms with Crippen LogP contribution >= 0.6 is 11.3 Å². The van der Waals surface area contributed by atoms with Crippen molar-refractivity contribution in [2.45, 2.75) is 13.3 Å². The molecule has 0 saturated heterocycles. The minimum Gasteiger partial charge on any atom is -0.458 e. The molecule has 0 aromatic carbocycles. The maximum absolute atomic E-state index is 5.61. The van der Waals surface area contributed by atoms with Crippen LogP contribution < -0.4 is 0 Å². The van der Waals surface area contributed by atoms with Crippen LogP contribution in [0.4, 0.5) is 0 Å². The molecule has 0 bridgehead atoms. The van der Waals surface area contributed by atoms with Crippen LogP contribution in [0.1, 0.15) is 12.7 Å². The van der Waals surface area contributed by atoms with E-state index in [1.807, 2.05) is 29.6 Å². The zero-order chi connectivity index (χ0) is 11.7. The van der Waals surface area contributed by atoms with Crippen molar-refractivity contribution in [1.82, 2.24) is 15.2 Å². The van der Waals surface area contributed by atoms with Crippen molar-refractivity contribution in [2.75, 3.05) is 0 Å². The van der Waals surface area contributed by atoms with Gasteiger partial charge in [-0.3, -0.25) is 5.10 Å². The van der Waals surface area contributed by atoms with E-state index in [0.29, 0.717) is 11.6 Å². The van der Waals surface area contributed by atoms with Crippen LogP contribution in [0.2, 0.25) is 0 Å². The summed E-state index contributed by atoms with van der Waals surface area (Å²) in [5, 5.41) is 9.10. The van der Waals surface area contributed by atoms with Crippen molar-refractivity contribution < 1.29 is 4.42 Å². The Hall–Kier alpha value is -1.88. The fraction of sp³-hybridized carbons (Fsp3) is 0.167. The highest BCUT2D eigenvalue weighted by molar-refractivity contribution is 7.13. The molecule has 0 saturated carbocycles. The van der Waals surface area contributed by atoms with Gasteiger partial charge in [0.1, 0.15) is 5.76 Å². The van der Waals surface area contributed by atoms with Crippen molar-refractivity contribution in [3.8, 4) is 22.3 Å². The molecule has 86 valence electrons. The first-order valence-electron chi connectivity index (χ1n) is 5.42. The lowest BCUT2D eigenvalue weighted by Gasteiger charge is -1.88. The Morgan fingerprint density at radius 1 is 1.35 bits per heavy atom.